The normalized spacial score (nSPS) is 19.1. The zero-order chi connectivity index (χ0) is 10.3. The lowest BCUT2D eigenvalue weighted by atomic mass is 10.0. The number of nitrogens with zero attached hydrogens (tertiary/aromatic N) is 2. The van der Waals surface area contributed by atoms with E-state index in [9.17, 15) is 0 Å². The van der Waals surface area contributed by atoms with Gasteiger partial charge in [-0.15, -0.1) is 0 Å². The molecular weight excluding hydrogens is 186 g/mol. The van der Waals surface area contributed by atoms with Crippen LogP contribution in [-0.4, -0.2) is 9.55 Å². The van der Waals surface area contributed by atoms with Gasteiger partial charge in [0.2, 0.25) is 0 Å². The van der Waals surface area contributed by atoms with Gasteiger partial charge < -0.3 is 4.57 Å². The average Bonchev–Trinajstić information content (AvgIpc) is 2.83. The van der Waals surface area contributed by atoms with Crippen LogP contribution in [0.25, 0.3) is 0 Å². The van der Waals surface area contributed by atoms with Crippen molar-refractivity contribution >= 4 is 0 Å². The minimum atomic E-state index is 0.251. The Balaban J connectivity index is 2.08. The summed E-state index contributed by atoms with van der Waals surface area (Å²) in [4.78, 5) is 4.40. The van der Waals surface area contributed by atoms with E-state index in [1.807, 2.05) is 19.4 Å². The third-order valence-corrected chi connectivity index (χ3v) is 2.98. The molecule has 0 spiro atoms. The lowest BCUT2D eigenvalue weighted by Gasteiger charge is -2.11. The third kappa shape index (κ3) is 1.27. The molecule has 15 heavy (non-hydrogen) atoms. The summed E-state index contributed by atoms with van der Waals surface area (Å²) in [6.07, 6.45) is 3.83. The van der Waals surface area contributed by atoms with Crippen molar-refractivity contribution in [3.63, 3.8) is 0 Å². The topological polar surface area (TPSA) is 29.9 Å². The van der Waals surface area contributed by atoms with Crippen molar-refractivity contribution in [1.29, 1.82) is 0 Å². The maximum atomic E-state index is 4.40. The Kier molecular flexibility index (Phi) is 1.86. The van der Waals surface area contributed by atoms with Crippen molar-refractivity contribution in [3.05, 3.63) is 53.6 Å². The van der Waals surface area contributed by atoms with Crippen molar-refractivity contribution in [2.75, 3.05) is 0 Å². The average molecular weight is 199 g/mol. The van der Waals surface area contributed by atoms with Crippen LogP contribution in [0.15, 0.2) is 36.7 Å². The molecule has 3 heteroatoms. The van der Waals surface area contributed by atoms with Crippen molar-refractivity contribution < 1.29 is 0 Å². The molecule has 0 saturated carbocycles. The first-order valence-corrected chi connectivity index (χ1v) is 5.14. The SMILES string of the molecule is Cn1ccnc1C1NCc2ccccc21. The van der Waals surface area contributed by atoms with Gasteiger partial charge in [0.25, 0.3) is 0 Å². The number of nitrogens with one attached hydrogen (secondary N) is 1. The van der Waals surface area contributed by atoms with Gasteiger partial charge in [0.15, 0.2) is 0 Å². The molecule has 0 amide bonds. The first-order chi connectivity index (χ1) is 7.36. The molecule has 2 heterocycles. The predicted molar refractivity (Wildman–Crippen MR) is 58.3 cm³/mol. The highest BCUT2D eigenvalue weighted by atomic mass is 15.1. The van der Waals surface area contributed by atoms with E-state index < -0.39 is 0 Å². The van der Waals surface area contributed by atoms with E-state index in [4.69, 9.17) is 0 Å². The molecule has 1 atom stereocenters. The highest BCUT2D eigenvalue weighted by molar-refractivity contribution is 5.37. The van der Waals surface area contributed by atoms with Gasteiger partial charge in [-0.3, -0.25) is 5.32 Å². The molecule has 2 aromatic rings. The van der Waals surface area contributed by atoms with Crippen LogP contribution in [0, 0.1) is 0 Å². The first kappa shape index (κ1) is 8.68. The van der Waals surface area contributed by atoms with Gasteiger partial charge in [-0.25, -0.2) is 4.98 Å². The highest BCUT2D eigenvalue weighted by Crippen LogP contribution is 2.29. The second-order valence-electron chi connectivity index (χ2n) is 3.91. The first-order valence-electron chi connectivity index (χ1n) is 5.14. The van der Waals surface area contributed by atoms with Crippen molar-refractivity contribution in [3.8, 4) is 0 Å². The summed E-state index contributed by atoms with van der Waals surface area (Å²) in [6.45, 7) is 0.938. The summed E-state index contributed by atoms with van der Waals surface area (Å²) in [5.41, 5.74) is 2.73. The maximum Gasteiger partial charge on any atom is 0.130 e. The molecule has 3 nitrogen and oxygen atoms in total. The number of rotatable bonds is 1. The Morgan fingerprint density at radius 1 is 1.40 bits per heavy atom. The molecule has 0 aliphatic carbocycles. The van der Waals surface area contributed by atoms with Crippen molar-refractivity contribution in [2.24, 2.45) is 7.05 Å². The summed E-state index contributed by atoms with van der Waals surface area (Å²) in [7, 11) is 2.03. The Morgan fingerprint density at radius 3 is 3.07 bits per heavy atom. The summed E-state index contributed by atoms with van der Waals surface area (Å²) < 4.78 is 2.07. The largest absolute Gasteiger partial charge is 0.336 e. The molecule has 0 saturated heterocycles. The van der Waals surface area contributed by atoms with Crippen LogP contribution in [-0.2, 0) is 13.6 Å². The van der Waals surface area contributed by atoms with Gasteiger partial charge in [0, 0.05) is 26.0 Å². The summed E-state index contributed by atoms with van der Waals surface area (Å²) in [5, 5.41) is 3.48. The van der Waals surface area contributed by atoms with E-state index in [-0.39, 0.29) is 6.04 Å². The fourth-order valence-corrected chi connectivity index (χ4v) is 2.18. The zero-order valence-corrected chi connectivity index (χ0v) is 8.64. The van der Waals surface area contributed by atoms with Gasteiger partial charge in [-0.1, -0.05) is 24.3 Å². The Morgan fingerprint density at radius 2 is 2.27 bits per heavy atom. The number of hydrogen-bond donors (Lipinski definition) is 1. The second kappa shape index (κ2) is 3.21. The maximum absolute atomic E-state index is 4.40. The van der Waals surface area contributed by atoms with Gasteiger partial charge >= 0.3 is 0 Å². The number of benzene rings is 1. The molecule has 1 aliphatic heterocycles. The van der Waals surface area contributed by atoms with Crippen LogP contribution >= 0.6 is 0 Å². The zero-order valence-electron chi connectivity index (χ0n) is 8.64. The predicted octanol–water partition coefficient (Wildman–Crippen LogP) is 1.61. The Labute approximate surface area is 88.8 Å². The fraction of sp³-hybridized carbons (Fsp3) is 0.250. The smallest absolute Gasteiger partial charge is 0.130 e. The lowest BCUT2D eigenvalue weighted by molar-refractivity contribution is 0.605. The minimum absolute atomic E-state index is 0.251. The van der Waals surface area contributed by atoms with Crippen molar-refractivity contribution in [1.82, 2.24) is 14.9 Å². The fourth-order valence-electron chi connectivity index (χ4n) is 2.18. The van der Waals surface area contributed by atoms with E-state index in [0.29, 0.717) is 0 Å². The third-order valence-electron chi connectivity index (χ3n) is 2.98. The van der Waals surface area contributed by atoms with E-state index in [1.165, 1.54) is 11.1 Å². The monoisotopic (exact) mass is 199 g/mol. The molecule has 0 radical (unpaired) electrons. The van der Waals surface area contributed by atoms with E-state index in [2.05, 4.69) is 39.1 Å². The summed E-state index contributed by atoms with van der Waals surface area (Å²) in [5.74, 6) is 1.08. The van der Waals surface area contributed by atoms with Crippen LogP contribution in [0.2, 0.25) is 0 Å². The van der Waals surface area contributed by atoms with Gasteiger partial charge in [-0.05, 0) is 11.1 Å². The van der Waals surface area contributed by atoms with E-state index >= 15 is 0 Å². The lowest BCUT2D eigenvalue weighted by Crippen LogP contribution is -2.17. The van der Waals surface area contributed by atoms with Crippen molar-refractivity contribution in [2.45, 2.75) is 12.6 Å². The molecule has 0 fully saturated rings. The number of hydrogen-bond acceptors (Lipinski definition) is 2. The number of fused-ring (bicyclic) bond motifs is 1. The van der Waals surface area contributed by atoms with Crippen LogP contribution in [0.1, 0.15) is 23.0 Å². The van der Waals surface area contributed by atoms with Crippen LogP contribution in [0.5, 0.6) is 0 Å². The van der Waals surface area contributed by atoms with E-state index in [0.717, 1.165) is 12.4 Å². The molecule has 1 aliphatic rings. The standard InChI is InChI=1S/C12H13N3/c1-15-7-6-13-12(15)11-10-5-3-2-4-9(10)8-14-11/h2-7,11,14H,8H2,1H3. The number of imidazole rings is 1. The second-order valence-corrected chi connectivity index (χ2v) is 3.91. The van der Waals surface area contributed by atoms with Gasteiger partial charge in [-0.2, -0.15) is 0 Å². The quantitative estimate of drug-likeness (QED) is 0.756. The summed E-state index contributed by atoms with van der Waals surface area (Å²) in [6, 6.07) is 8.77. The number of aryl methyl sites for hydroxylation is 1. The van der Waals surface area contributed by atoms with Gasteiger partial charge in [0.1, 0.15) is 5.82 Å². The van der Waals surface area contributed by atoms with Crippen LogP contribution in [0.4, 0.5) is 0 Å². The Hall–Kier alpha value is -1.61. The van der Waals surface area contributed by atoms with Gasteiger partial charge in [0.05, 0.1) is 6.04 Å². The molecule has 76 valence electrons. The number of aromatic nitrogens is 2. The van der Waals surface area contributed by atoms with E-state index in [1.54, 1.807) is 0 Å². The summed E-state index contributed by atoms with van der Waals surface area (Å²) >= 11 is 0. The van der Waals surface area contributed by atoms with Crippen LogP contribution in [0.3, 0.4) is 0 Å². The minimum Gasteiger partial charge on any atom is -0.336 e. The molecule has 1 aromatic heterocycles. The Bertz CT molecular complexity index is 487. The molecule has 1 N–H and O–H groups in total. The molecule has 0 bridgehead atoms. The van der Waals surface area contributed by atoms with Crippen LogP contribution < -0.4 is 5.32 Å². The molecule has 1 unspecified atom stereocenters. The molecule has 1 aromatic carbocycles. The molecule has 3 rings (SSSR count). The molecular formula is C12H13N3. The highest BCUT2D eigenvalue weighted by Gasteiger charge is 2.25.